The third-order valence-corrected chi connectivity index (χ3v) is 5.92. The van der Waals surface area contributed by atoms with Crippen molar-refractivity contribution in [3.05, 3.63) is 63.6 Å². The first-order valence-electron chi connectivity index (χ1n) is 7.48. The van der Waals surface area contributed by atoms with Crippen LogP contribution in [-0.4, -0.2) is 31.8 Å². The third kappa shape index (κ3) is 5.54. The molecule has 0 saturated heterocycles. The second-order valence-corrected chi connectivity index (χ2v) is 8.45. The van der Waals surface area contributed by atoms with E-state index >= 15 is 0 Å². The Balaban J connectivity index is 2.33. The van der Waals surface area contributed by atoms with Gasteiger partial charge in [0.1, 0.15) is 6.54 Å². The van der Waals surface area contributed by atoms with Crippen molar-refractivity contribution in [2.75, 3.05) is 13.2 Å². The van der Waals surface area contributed by atoms with Gasteiger partial charge in [0.15, 0.2) is 0 Å². The van der Waals surface area contributed by atoms with Crippen LogP contribution in [-0.2, 0) is 26.1 Å². The van der Waals surface area contributed by atoms with E-state index in [1.54, 1.807) is 43.3 Å². The predicted octanol–water partition coefficient (Wildman–Crippen LogP) is 3.86. The molecule has 0 atom stereocenters. The molecule has 2 aromatic carbocycles. The fourth-order valence-electron chi connectivity index (χ4n) is 2.13. The predicted molar refractivity (Wildman–Crippen MR) is 99.8 cm³/mol. The van der Waals surface area contributed by atoms with Crippen LogP contribution in [0.3, 0.4) is 0 Å². The average molecular weight is 447 g/mol. The SMILES string of the molecule is CCOC(=O)CN(Cc1ccc(Cl)cc1)S(=O)(=O)c1ccc(Br)cc1. The zero-order chi connectivity index (χ0) is 18.4. The normalized spacial score (nSPS) is 11.5. The van der Waals surface area contributed by atoms with Crippen LogP contribution in [0, 0.1) is 0 Å². The van der Waals surface area contributed by atoms with Gasteiger partial charge in [-0.3, -0.25) is 4.79 Å². The van der Waals surface area contributed by atoms with Crippen molar-refractivity contribution in [2.45, 2.75) is 18.4 Å². The van der Waals surface area contributed by atoms with Gasteiger partial charge in [-0.05, 0) is 48.9 Å². The minimum absolute atomic E-state index is 0.0361. The summed E-state index contributed by atoms with van der Waals surface area (Å²) in [6.07, 6.45) is 0. The molecule has 0 aliphatic rings. The molecule has 0 saturated carbocycles. The highest BCUT2D eigenvalue weighted by Gasteiger charge is 2.27. The topological polar surface area (TPSA) is 63.7 Å². The lowest BCUT2D eigenvalue weighted by Gasteiger charge is -2.21. The minimum Gasteiger partial charge on any atom is -0.465 e. The number of carbonyl (C=O) groups excluding carboxylic acids is 1. The number of sulfonamides is 1. The molecule has 0 radical (unpaired) electrons. The lowest BCUT2D eigenvalue weighted by molar-refractivity contribution is -0.143. The Hall–Kier alpha value is -1.41. The van der Waals surface area contributed by atoms with Crippen LogP contribution >= 0.6 is 27.5 Å². The second kappa shape index (κ2) is 8.80. The molecule has 0 aliphatic heterocycles. The van der Waals surface area contributed by atoms with Crippen molar-refractivity contribution in [1.29, 1.82) is 0 Å². The Bertz CT molecular complexity index is 823. The number of rotatable bonds is 7. The average Bonchev–Trinajstić information content (AvgIpc) is 2.57. The molecule has 0 unspecified atom stereocenters. The van der Waals surface area contributed by atoms with E-state index in [1.165, 1.54) is 12.1 Å². The molecule has 8 heteroatoms. The number of carbonyl (C=O) groups is 1. The Morgan fingerprint density at radius 2 is 1.72 bits per heavy atom. The zero-order valence-electron chi connectivity index (χ0n) is 13.5. The van der Waals surface area contributed by atoms with E-state index in [9.17, 15) is 13.2 Å². The number of nitrogens with zero attached hydrogens (tertiary/aromatic N) is 1. The van der Waals surface area contributed by atoms with Gasteiger partial charge >= 0.3 is 5.97 Å². The van der Waals surface area contributed by atoms with Crippen LogP contribution in [0.25, 0.3) is 0 Å². The highest BCUT2D eigenvalue weighted by atomic mass is 79.9. The largest absolute Gasteiger partial charge is 0.465 e. The van der Waals surface area contributed by atoms with Crippen molar-refractivity contribution in [1.82, 2.24) is 4.31 Å². The first-order valence-corrected chi connectivity index (χ1v) is 10.1. The molecule has 5 nitrogen and oxygen atoms in total. The lowest BCUT2D eigenvalue weighted by Crippen LogP contribution is -2.36. The molecule has 0 spiro atoms. The monoisotopic (exact) mass is 445 g/mol. The molecule has 0 fully saturated rings. The Kier molecular flexibility index (Phi) is 7.01. The first-order chi connectivity index (χ1) is 11.8. The molecule has 0 bridgehead atoms. The standard InChI is InChI=1S/C17H17BrClNO4S/c1-2-24-17(21)12-20(11-13-3-7-15(19)8-4-13)25(22,23)16-9-5-14(18)6-10-16/h3-10H,2,11-12H2,1H3. The minimum atomic E-state index is -3.86. The number of hydrogen-bond donors (Lipinski definition) is 0. The number of esters is 1. The number of benzene rings is 2. The molecule has 0 heterocycles. The van der Waals surface area contributed by atoms with Crippen molar-refractivity contribution in [2.24, 2.45) is 0 Å². The van der Waals surface area contributed by atoms with E-state index in [-0.39, 0.29) is 24.6 Å². The summed E-state index contributed by atoms with van der Waals surface area (Å²) in [5.41, 5.74) is 0.717. The highest BCUT2D eigenvalue weighted by Crippen LogP contribution is 2.21. The highest BCUT2D eigenvalue weighted by molar-refractivity contribution is 9.10. The fraction of sp³-hybridized carbons (Fsp3) is 0.235. The van der Waals surface area contributed by atoms with Crippen LogP contribution in [0.4, 0.5) is 0 Å². The summed E-state index contributed by atoms with van der Waals surface area (Å²) in [4.78, 5) is 12.0. The van der Waals surface area contributed by atoms with Gasteiger partial charge in [0.25, 0.3) is 0 Å². The van der Waals surface area contributed by atoms with Crippen LogP contribution in [0.1, 0.15) is 12.5 Å². The molecule has 2 aromatic rings. The first kappa shape index (κ1) is 19.9. The summed E-state index contributed by atoms with van der Waals surface area (Å²) in [7, 11) is -3.86. The Morgan fingerprint density at radius 1 is 1.12 bits per heavy atom. The number of hydrogen-bond acceptors (Lipinski definition) is 4. The van der Waals surface area contributed by atoms with Crippen LogP contribution in [0.15, 0.2) is 57.9 Å². The summed E-state index contributed by atoms with van der Waals surface area (Å²) < 4.78 is 32.6. The molecular formula is C17H17BrClNO4S. The van der Waals surface area contributed by atoms with Gasteiger partial charge in [0.2, 0.25) is 10.0 Å². The maximum atomic E-state index is 12.9. The maximum absolute atomic E-state index is 12.9. The van der Waals surface area contributed by atoms with Gasteiger partial charge in [-0.2, -0.15) is 4.31 Å². The van der Waals surface area contributed by atoms with E-state index in [0.717, 1.165) is 14.3 Å². The summed E-state index contributed by atoms with van der Waals surface area (Å²) in [6, 6.07) is 13.0. The maximum Gasteiger partial charge on any atom is 0.321 e. The smallest absolute Gasteiger partial charge is 0.321 e. The van der Waals surface area contributed by atoms with E-state index in [0.29, 0.717) is 5.02 Å². The van der Waals surface area contributed by atoms with E-state index < -0.39 is 16.0 Å². The lowest BCUT2D eigenvalue weighted by atomic mass is 10.2. The van der Waals surface area contributed by atoms with Crippen molar-refractivity contribution in [3.8, 4) is 0 Å². The summed E-state index contributed by atoms with van der Waals surface area (Å²) in [6.45, 7) is 1.53. The third-order valence-electron chi connectivity index (χ3n) is 3.33. The van der Waals surface area contributed by atoms with Gasteiger partial charge in [0, 0.05) is 16.0 Å². The summed E-state index contributed by atoms with van der Waals surface area (Å²) >= 11 is 9.14. The van der Waals surface area contributed by atoms with Crippen molar-refractivity contribution >= 4 is 43.5 Å². The van der Waals surface area contributed by atoms with Crippen LogP contribution in [0.2, 0.25) is 5.02 Å². The van der Waals surface area contributed by atoms with Gasteiger partial charge in [-0.15, -0.1) is 0 Å². The Morgan fingerprint density at radius 3 is 2.28 bits per heavy atom. The van der Waals surface area contributed by atoms with Gasteiger partial charge in [-0.25, -0.2) is 8.42 Å². The second-order valence-electron chi connectivity index (χ2n) is 5.16. The molecule has 25 heavy (non-hydrogen) atoms. The van der Waals surface area contributed by atoms with Crippen molar-refractivity contribution < 1.29 is 17.9 Å². The quantitative estimate of drug-likeness (QED) is 0.606. The zero-order valence-corrected chi connectivity index (χ0v) is 16.6. The molecule has 2 rings (SSSR count). The molecular weight excluding hydrogens is 430 g/mol. The van der Waals surface area contributed by atoms with E-state index in [1.807, 2.05) is 0 Å². The van der Waals surface area contributed by atoms with E-state index in [2.05, 4.69) is 15.9 Å². The van der Waals surface area contributed by atoms with Crippen molar-refractivity contribution in [3.63, 3.8) is 0 Å². The molecule has 134 valence electrons. The molecule has 0 aliphatic carbocycles. The van der Waals surface area contributed by atoms with Crippen LogP contribution < -0.4 is 0 Å². The van der Waals surface area contributed by atoms with Gasteiger partial charge in [0.05, 0.1) is 11.5 Å². The van der Waals surface area contributed by atoms with Gasteiger partial charge < -0.3 is 4.74 Å². The molecule has 0 N–H and O–H groups in total. The number of halogens is 2. The van der Waals surface area contributed by atoms with Gasteiger partial charge in [-0.1, -0.05) is 39.7 Å². The van der Waals surface area contributed by atoms with Crippen LogP contribution in [0.5, 0.6) is 0 Å². The number of ether oxygens (including phenoxy) is 1. The van der Waals surface area contributed by atoms with E-state index in [4.69, 9.17) is 16.3 Å². The summed E-state index contributed by atoms with van der Waals surface area (Å²) in [5, 5.41) is 0.552. The Labute approximate surface area is 160 Å². The molecule has 0 aromatic heterocycles. The summed E-state index contributed by atoms with van der Waals surface area (Å²) in [5.74, 6) is -0.600. The fourth-order valence-corrected chi connectivity index (χ4v) is 3.89. The molecule has 0 amide bonds.